The number of hydrogen-bond acceptors (Lipinski definition) is 4. The average molecular weight is 575 g/mol. The summed E-state index contributed by atoms with van der Waals surface area (Å²) < 4.78 is 37.0. The summed E-state index contributed by atoms with van der Waals surface area (Å²) in [6.45, 7) is 4.13. The number of nitrogens with one attached hydrogen (secondary N) is 2. The molecule has 2 aromatic rings. The van der Waals surface area contributed by atoms with Crippen LogP contribution in [0.2, 0.25) is 0 Å². The van der Waals surface area contributed by atoms with Gasteiger partial charge in [-0.05, 0) is 47.2 Å². The first-order chi connectivity index (χ1) is 14.8. The van der Waals surface area contributed by atoms with E-state index >= 15 is 0 Å². The van der Waals surface area contributed by atoms with Gasteiger partial charge in [0, 0.05) is 46.0 Å². The Labute approximate surface area is 207 Å². The lowest BCUT2D eigenvalue weighted by atomic mass is 10.00. The van der Waals surface area contributed by atoms with Crippen LogP contribution in [0.25, 0.3) is 0 Å². The maximum Gasteiger partial charge on any atom is 0.191 e. The van der Waals surface area contributed by atoms with Gasteiger partial charge in [0.15, 0.2) is 15.8 Å². The van der Waals surface area contributed by atoms with E-state index in [9.17, 15) is 12.8 Å². The van der Waals surface area contributed by atoms with E-state index in [1.807, 2.05) is 0 Å². The topological polar surface area (TPSA) is 73.8 Å². The van der Waals surface area contributed by atoms with Crippen LogP contribution < -0.4 is 10.6 Å². The van der Waals surface area contributed by atoms with Gasteiger partial charge in [0.25, 0.3) is 0 Å². The van der Waals surface area contributed by atoms with Crippen LogP contribution in [-0.2, 0) is 35.1 Å². The molecule has 0 spiro atoms. The van der Waals surface area contributed by atoms with Crippen molar-refractivity contribution in [2.24, 2.45) is 4.99 Å². The smallest absolute Gasteiger partial charge is 0.191 e. The maximum absolute atomic E-state index is 13.7. The number of halogens is 2. The summed E-state index contributed by atoms with van der Waals surface area (Å²) in [5.74, 6) is 0.105. The van der Waals surface area contributed by atoms with Crippen molar-refractivity contribution in [2.75, 3.05) is 32.9 Å². The molecule has 0 unspecified atom stereocenters. The molecule has 1 aliphatic rings. The SMILES string of the molecule is CN=C(NCCCN1CCc2ccccc2C1)NCc1cc(F)ccc1CS(C)(=O)=O.I. The molecule has 176 valence electrons. The molecule has 0 aromatic heterocycles. The Hall–Kier alpha value is -1.72. The van der Waals surface area contributed by atoms with Crippen molar-refractivity contribution in [1.82, 2.24) is 15.5 Å². The standard InChI is InChI=1S/C23H31FN4O2S.HI/c1-25-23(27-15-21-14-22(24)9-8-20(21)17-31(2,29)30)26-11-5-12-28-13-10-18-6-3-4-7-19(18)16-28;/h3-4,6-9,14H,5,10-13,15-17H2,1-2H3,(H2,25,26,27);1H. The molecule has 0 saturated carbocycles. The second-order valence-corrected chi connectivity index (χ2v) is 10.1. The third-order valence-corrected chi connectivity index (χ3v) is 6.24. The lowest BCUT2D eigenvalue weighted by Gasteiger charge is -2.28. The molecule has 3 rings (SSSR count). The van der Waals surface area contributed by atoms with E-state index < -0.39 is 9.84 Å². The van der Waals surface area contributed by atoms with Crippen LogP contribution in [-0.4, -0.2) is 52.2 Å². The molecule has 32 heavy (non-hydrogen) atoms. The summed E-state index contributed by atoms with van der Waals surface area (Å²) in [5.41, 5.74) is 4.07. The highest BCUT2D eigenvalue weighted by atomic mass is 127. The van der Waals surface area contributed by atoms with Gasteiger partial charge < -0.3 is 10.6 Å². The zero-order valence-corrected chi connectivity index (χ0v) is 21.8. The predicted octanol–water partition coefficient (Wildman–Crippen LogP) is 3.10. The van der Waals surface area contributed by atoms with Crippen molar-refractivity contribution in [1.29, 1.82) is 0 Å². The molecule has 0 amide bonds. The van der Waals surface area contributed by atoms with Crippen LogP contribution in [0.5, 0.6) is 0 Å². The Kier molecular flexibility index (Phi) is 10.4. The van der Waals surface area contributed by atoms with E-state index in [-0.39, 0.29) is 35.5 Å². The highest BCUT2D eigenvalue weighted by Gasteiger charge is 2.15. The van der Waals surface area contributed by atoms with Gasteiger partial charge in [-0.2, -0.15) is 0 Å². The maximum atomic E-state index is 13.7. The zero-order chi connectivity index (χ0) is 22.3. The van der Waals surface area contributed by atoms with Gasteiger partial charge in [0.2, 0.25) is 0 Å². The number of hydrogen-bond donors (Lipinski definition) is 2. The molecular formula is C23H32FIN4O2S. The van der Waals surface area contributed by atoms with E-state index in [4.69, 9.17) is 0 Å². The molecule has 2 aromatic carbocycles. The number of nitrogens with zero attached hydrogens (tertiary/aromatic N) is 2. The van der Waals surface area contributed by atoms with Gasteiger partial charge in [-0.3, -0.25) is 9.89 Å². The zero-order valence-electron chi connectivity index (χ0n) is 18.6. The van der Waals surface area contributed by atoms with E-state index in [1.165, 1.54) is 35.6 Å². The summed E-state index contributed by atoms with van der Waals surface area (Å²) in [6.07, 6.45) is 3.24. The molecule has 2 N–H and O–H groups in total. The minimum atomic E-state index is -3.20. The summed E-state index contributed by atoms with van der Waals surface area (Å²) in [5, 5.41) is 6.44. The molecular weight excluding hydrogens is 542 g/mol. The van der Waals surface area contributed by atoms with Crippen LogP contribution in [0.1, 0.15) is 28.7 Å². The fourth-order valence-electron chi connectivity index (χ4n) is 3.84. The normalized spacial score (nSPS) is 14.4. The summed E-state index contributed by atoms with van der Waals surface area (Å²) in [6, 6.07) is 12.8. The van der Waals surface area contributed by atoms with Gasteiger partial charge in [0.05, 0.1) is 5.75 Å². The van der Waals surface area contributed by atoms with Crippen LogP contribution in [0.3, 0.4) is 0 Å². The van der Waals surface area contributed by atoms with Crippen LogP contribution in [0.15, 0.2) is 47.5 Å². The summed E-state index contributed by atoms with van der Waals surface area (Å²) in [7, 11) is -1.52. The van der Waals surface area contributed by atoms with Crippen molar-refractivity contribution in [2.45, 2.75) is 31.7 Å². The molecule has 0 radical (unpaired) electrons. The lowest BCUT2D eigenvalue weighted by molar-refractivity contribution is 0.251. The van der Waals surface area contributed by atoms with E-state index in [0.717, 1.165) is 39.0 Å². The fourth-order valence-corrected chi connectivity index (χ4v) is 4.68. The highest BCUT2D eigenvalue weighted by molar-refractivity contribution is 14.0. The largest absolute Gasteiger partial charge is 0.356 e. The first-order valence-electron chi connectivity index (χ1n) is 10.5. The first kappa shape index (κ1) is 26.5. The average Bonchev–Trinajstić information content (AvgIpc) is 2.74. The Balaban J connectivity index is 0.00000363. The van der Waals surface area contributed by atoms with Crippen LogP contribution >= 0.6 is 24.0 Å². The summed E-state index contributed by atoms with van der Waals surface area (Å²) in [4.78, 5) is 6.68. The van der Waals surface area contributed by atoms with Gasteiger partial charge in [0.1, 0.15) is 5.82 Å². The minimum Gasteiger partial charge on any atom is -0.356 e. The van der Waals surface area contributed by atoms with E-state index in [2.05, 4.69) is 44.8 Å². The van der Waals surface area contributed by atoms with E-state index in [1.54, 1.807) is 7.05 Å². The van der Waals surface area contributed by atoms with Crippen molar-refractivity contribution in [3.63, 3.8) is 0 Å². The van der Waals surface area contributed by atoms with Gasteiger partial charge in [-0.15, -0.1) is 24.0 Å². The molecule has 9 heteroatoms. The van der Waals surface area contributed by atoms with Crippen LogP contribution in [0.4, 0.5) is 4.39 Å². The Morgan fingerprint density at radius 3 is 2.59 bits per heavy atom. The number of fused-ring (bicyclic) bond motifs is 1. The van der Waals surface area contributed by atoms with Crippen molar-refractivity contribution >= 4 is 39.8 Å². The number of benzene rings is 2. The number of sulfone groups is 1. The molecule has 0 bridgehead atoms. The molecule has 0 atom stereocenters. The summed E-state index contributed by atoms with van der Waals surface area (Å²) >= 11 is 0. The molecule has 6 nitrogen and oxygen atoms in total. The monoisotopic (exact) mass is 574 g/mol. The molecule has 0 aliphatic carbocycles. The molecule has 1 aliphatic heterocycles. The first-order valence-corrected chi connectivity index (χ1v) is 12.6. The van der Waals surface area contributed by atoms with Crippen molar-refractivity contribution in [3.05, 3.63) is 70.5 Å². The van der Waals surface area contributed by atoms with Crippen LogP contribution in [0, 0.1) is 5.82 Å². The number of aliphatic imine (C=N–C) groups is 1. The lowest BCUT2D eigenvalue weighted by Crippen LogP contribution is -2.39. The Morgan fingerprint density at radius 2 is 1.88 bits per heavy atom. The minimum absolute atomic E-state index is 0. The van der Waals surface area contributed by atoms with Gasteiger partial charge in [-0.25, -0.2) is 12.8 Å². The van der Waals surface area contributed by atoms with Gasteiger partial charge >= 0.3 is 0 Å². The second-order valence-electron chi connectivity index (χ2n) is 7.98. The molecule has 0 saturated heterocycles. The van der Waals surface area contributed by atoms with Gasteiger partial charge in [-0.1, -0.05) is 30.3 Å². The molecule has 0 fully saturated rings. The van der Waals surface area contributed by atoms with E-state index in [0.29, 0.717) is 23.6 Å². The fraction of sp³-hybridized carbons (Fsp3) is 0.435. The second kappa shape index (κ2) is 12.5. The third kappa shape index (κ3) is 8.32. The van der Waals surface area contributed by atoms with Crippen molar-refractivity contribution < 1.29 is 12.8 Å². The molecule has 1 heterocycles. The number of guanidine groups is 1. The Morgan fingerprint density at radius 1 is 1.12 bits per heavy atom. The Bertz CT molecular complexity index is 1030. The quantitative estimate of drug-likeness (QED) is 0.220. The van der Waals surface area contributed by atoms with Crippen molar-refractivity contribution in [3.8, 4) is 0 Å². The highest BCUT2D eigenvalue weighted by Crippen LogP contribution is 2.18. The number of rotatable bonds is 8. The predicted molar refractivity (Wildman–Crippen MR) is 139 cm³/mol. The third-order valence-electron chi connectivity index (χ3n) is 5.41.